The molecule has 3 rings (SSSR count). The van der Waals surface area contributed by atoms with Gasteiger partial charge in [-0.05, 0) is 18.2 Å². The molecule has 2 heterocycles. The van der Waals surface area contributed by atoms with E-state index in [1.807, 2.05) is 36.5 Å². The Labute approximate surface area is 123 Å². The van der Waals surface area contributed by atoms with Crippen molar-refractivity contribution >= 4 is 11.6 Å². The topological polar surface area (TPSA) is 62.2 Å². The van der Waals surface area contributed by atoms with Gasteiger partial charge in [-0.25, -0.2) is 4.68 Å². The number of nitrogens with one attached hydrogen (secondary N) is 2. The maximum absolute atomic E-state index is 12.2. The molecule has 1 saturated heterocycles. The minimum absolute atomic E-state index is 0.0107. The van der Waals surface area contributed by atoms with Gasteiger partial charge in [0.25, 0.3) is 0 Å². The number of carbonyl (C=O) groups is 1. The van der Waals surface area contributed by atoms with Crippen LogP contribution < -0.4 is 10.6 Å². The second kappa shape index (κ2) is 6.51. The van der Waals surface area contributed by atoms with E-state index in [4.69, 9.17) is 0 Å². The van der Waals surface area contributed by atoms with E-state index < -0.39 is 0 Å². The summed E-state index contributed by atoms with van der Waals surface area (Å²) in [6, 6.07) is 9.54. The average Bonchev–Trinajstić information content (AvgIpc) is 3.03. The molecule has 1 fully saturated rings. The molecule has 1 aromatic carbocycles. The molecule has 0 bridgehead atoms. The molecule has 0 atom stereocenters. The number of nitrogens with zero attached hydrogens (tertiary/aromatic N) is 3. The van der Waals surface area contributed by atoms with Crippen LogP contribution in [-0.2, 0) is 4.79 Å². The molecule has 1 amide bonds. The quantitative estimate of drug-likeness (QED) is 0.869. The third kappa shape index (κ3) is 3.48. The minimum atomic E-state index is 0.0107. The lowest BCUT2D eigenvalue weighted by Crippen LogP contribution is -2.46. The van der Waals surface area contributed by atoms with Crippen molar-refractivity contribution in [1.29, 1.82) is 0 Å². The predicted octanol–water partition coefficient (Wildman–Crippen LogP) is 0.716. The van der Waals surface area contributed by atoms with Gasteiger partial charge in [0.2, 0.25) is 5.91 Å². The molecule has 0 saturated carbocycles. The van der Waals surface area contributed by atoms with Crippen LogP contribution in [0.15, 0.2) is 42.7 Å². The van der Waals surface area contributed by atoms with Crippen molar-refractivity contribution in [3.63, 3.8) is 0 Å². The number of benzene rings is 1. The molecular formula is C15H19N5O. The zero-order valence-electron chi connectivity index (χ0n) is 11.8. The lowest BCUT2D eigenvalue weighted by atomic mass is 10.2. The Morgan fingerprint density at radius 2 is 2.05 bits per heavy atom. The van der Waals surface area contributed by atoms with Gasteiger partial charge in [-0.15, -0.1) is 0 Å². The van der Waals surface area contributed by atoms with E-state index in [1.165, 1.54) is 0 Å². The maximum atomic E-state index is 12.2. The number of hydrogen-bond donors (Lipinski definition) is 2. The van der Waals surface area contributed by atoms with Crippen molar-refractivity contribution in [2.75, 3.05) is 38.0 Å². The van der Waals surface area contributed by atoms with Crippen molar-refractivity contribution in [2.45, 2.75) is 0 Å². The first kappa shape index (κ1) is 13.8. The van der Waals surface area contributed by atoms with Gasteiger partial charge in [0.1, 0.15) is 0 Å². The number of carbonyl (C=O) groups excluding carboxylic acids is 1. The van der Waals surface area contributed by atoms with Crippen LogP contribution in [0.5, 0.6) is 0 Å². The van der Waals surface area contributed by atoms with Crippen LogP contribution in [0, 0.1) is 0 Å². The van der Waals surface area contributed by atoms with Crippen LogP contribution in [0.1, 0.15) is 0 Å². The zero-order chi connectivity index (χ0) is 14.5. The van der Waals surface area contributed by atoms with E-state index in [0.717, 1.165) is 37.6 Å². The molecule has 1 aliphatic heterocycles. The predicted molar refractivity (Wildman–Crippen MR) is 81.5 cm³/mol. The van der Waals surface area contributed by atoms with Gasteiger partial charge in [-0.3, -0.25) is 9.69 Å². The van der Waals surface area contributed by atoms with Gasteiger partial charge in [-0.1, -0.05) is 12.1 Å². The van der Waals surface area contributed by atoms with Crippen LogP contribution in [0.2, 0.25) is 0 Å². The molecule has 0 aliphatic carbocycles. The zero-order valence-corrected chi connectivity index (χ0v) is 11.8. The average molecular weight is 285 g/mol. The van der Waals surface area contributed by atoms with Crippen molar-refractivity contribution in [3.8, 4) is 5.69 Å². The van der Waals surface area contributed by atoms with E-state index in [0.29, 0.717) is 6.54 Å². The fourth-order valence-electron chi connectivity index (χ4n) is 2.45. The summed E-state index contributed by atoms with van der Waals surface area (Å²) in [5, 5.41) is 10.5. The highest BCUT2D eigenvalue weighted by Crippen LogP contribution is 2.18. The molecule has 6 heteroatoms. The van der Waals surface area contributed by atoms with Crippen LogP contribution in [0.4, 0.5) is 5.69 Å². The minimum Gasteiger partial charge on any atom is -0.323 e. The van der Waals surface area contributed by atoms with Crippen molar-refractivity contribution in [1.82, 2.24) is 20.0 Å². The summed E-state index contributed by atoms with van der Waals surface area (Å²) in [6.45, 7) is 4.13. The van der Waals surface area contributed by atoms with Crippen molar-refractivity contribution < 1.29 is 4.79 Å². The van der Waals surface area contributed by atoms with Crippen molar-refractivity contribution in [2.24, 2.45) is 0 Å². The summed E-state index contributed by atoms with van der Waals surface area (Å²) in [4.78, 5) is 14.4. The number of piperazine rings is 1. The summed E-state index contributed by atoms with van der Waals surface area (Å²) in [6.07, 6.45) is 3.58. The van der Waals surface area contributed by atoms with Gasteiger partial charge < -0.3 is 10.6 Å². The monoisotopic (exact) mass is 285 g/mol. The summed E-state index contributed by atoms with van der Waals surface area (Å²) in [5.41, 5.74) is 1.65. The lowest BCUT2D eigenvalue weighted by molar-refractivity contribution is -0.117. The third-order valence-electron chi connectivity index (χ3n) is 3.51. The number of aromatic nitrogens is 2. The lowest BCUT2D eigenvalue weighted by Gasteiger charge is -2.26. The molecule has 1 aliphatic rings. The fraction of sp³-hybridized carbons (Fsp3) is 0.333. The highest BCUT2D eigenvalue weighted by molar-refractivity contribution is 5.94. The van der Waals surface area contributed by atoms with Gasteiger partial charge in [0, 0.05) is 38.6 Å². The molecule has 6 nitrogen and oxygen atoms in total. The summed E-state index contributed by atoms with van der Waals surface area (Å²) >= 11 is 0. The van der Waals surface area contributed by atoms with Gasteiger partial charge in [-0.2, -0.15) is 5.10 Å². The van der Waals surface area contributed by atoms with Crippen LogP contribution >= 0.6 is 0 Å². The molecule has 0 unspecified atom stereocenters. The number of rotatable bonds is 4. The number of anilines is 1. The van der Waals surface area contributed by atoms with Crippen LogP contribution in [-0.4, -0.2) is 53.3 Å². The second-order valence-electron chi connectivity index (χ2n) is 5.04. The number of hydrogen-bond acceptors (Lipinski definition) is 4. The molecule has 2 aromatic rings. The Kier molecular flexibility index (Phi) is 4.28. The van der Waals surface area contributed by atoms with Gasteiger partial charge in [0.05, 0.1) is 17.9 Å². The standard InChI is InChI=1S/C15H19N5O/c21-15(12-19-10-7-16-8-11-19)18-13-4-1-2-5-14(13)20-9-3-6-17-20/h1-6,9,16H,7-8,10-12H2,(H,18,21). The Bertz CT molecular complexity index is 590. The normalized spacial score (nSPS) is 15.8. The summed E-state index contributed by atoms with van der Waals surface area (Å²) in [5.74, 6) is 0.0107. The molecule has 2 N–H and O–H groups in total. The van der Waals surface area contributed by atoms with E-state index in [1.54, 1.807) is 10.9 Å². The Balaban J connectivity index is 1.68. The maximum Gasteiger partial charge on any atom is 0.238 e. The highest BCUT2D eigenvalue weighted by Gasteiger charge is 2.14. The fourth-order valence-corrected chi connectivity index (χ4v) is 2.45. The number of amides is 1. The third-order valence-corrected chi connectivity index (χ3v) is 3.51. The van der Waals surface area contributed by atoms with Gasteiger partial charge in [0.15, 0.2) is 0 Å². The first-order chi connectivity index (χ1) is 10.3. The van der Waals surface area contributed by atoms with Crippen LogP contribution in [0.3, 0.4) is 0 Å². The molecule has 0 spiro atoms. The summed E-state index contributed by atoms with van der Waals surface area (Å²) in [7, 11) is 0. The molecular weight excluding hydrogens is 266 g/mol. The first-order valence-corrected chi connectivity index (χ1v) is 7.15. The van der Waals surface area contributed by atoms with Crippen LogP contribution in [0.25, 0.3) is 5.69 Å². The van der Waals surface area contributed by atoms with E-state index in [-0.39, 0.29) is 5.91 Å². The number of para-hydroxylation sites is 2. The molecule has 1 aromatic heterocycles. The molecule has 110 valence electrons. The Morgan fingerprint density at radius 1 is 1.24 bits per heavy atom. The first-order valence-electron chi connectivity index (χ1n) is 7.15. The largest absolute Gasteiger partial charge is 0.323 e. The van der Waals surface area contributed by atoms with E-state index in [2.05, 4.69) is 20.6 Å². The smallest absolute Gasteiger partial charge is 0.238 e. The SMILES string of the molecule is O=C(CN1CCNCC1)Nc1ccccc1-n1cccn1. The molecule has 0 radical (unpaired) electrons. The highest BCUT2D eigenvalue weighted by atomic mass is 16.2. The van der Waals surface area contributed by atoms with E-state index >= 15 is 0 Å². The van der Waals surface area contributed by atoms with Crippen molar-refractivity contribution in [3.05, 3.63) is 42.7 Å². The van der Waals surface area contributed by atoms with Gasteiger partial charge >= 0.3 is 0 Å². The molecule has 21 heavy (non-hydrogen) atoms. The Hall–Kier alpha value is -2.18. The Morgan fingerprint density at radius 3 is 2.81 bits per heavy atom. The van der Waals surface area contributed by atoms with E-state index in [9.17, 15) is 4.79 Å². The second-order valence-corrected chi connectivity index (χ2v) is 5.04. The summed E-state index contributed by atoms with van der Waals surface area (Å²) < 4.78 is 1.75.